The van der Waals surface area contributed by atoms with Crippen molar-refractivity contribution in [3.63, 3.8) is 0 Å². The summed E-state index contributed by atoms with van der Waals surface area (Å²) in [4.78, 5) is 15.1. The second kappa shape index (κ2) is 24.9. The molecule has 494 valence electrons. The zero-order chi connectivity index (χ0) is 62.7. The third-order valence-corrected chi connectivity index (χ3v) is 23.2. The van der Waals surface area contributed by atoms with E-state index >= 15 is 4.79 Å². The normalized spacial score (nSPS) is 54.8. The van der Waals surface area contributed by atoms with Gasteiger partial charge in [-0.3, -0.25) is 4.79 Å². The molecule has 5 heterocycles. The first-order chi connectivity index (χ1) is 40.4. The zero-order valence-corrected chi connectivity index (χ0v) is 50.0. The van der Waals surface area contributed by atoms with Gasteiger partial charge >= 0.3 is 5.97 Å². The Morgan fingerprint density at radius 2 is 1.13 bits per heavy atom. The molecule has 0 bridgehead atoms. The Bertz CT molecular complexity index is 2380. The van der Waals surface area contributed by atoms with E-state index in [-0.39, 0.29) is 47.2 Å². The van der Waals surface area contributed by atoms with Crippen LogP contribution in [0.4, 0.5) is 0 Å². The third kappa shape index (κ3) is 11.2. The molecule has 5 aliphatic heterocycles. The molecule has 0 aromatic rings. The van der Waals surface area contributed by atoms with Gasteiger partial charge in [-0.05, 0) is 111 Å². The summed E-state index contributed by atoms with van der Waals surface area (Å²) in [6.45, 7) is 12.1. The predicted molar refractivity (Wildman–Crippen MR) is 289 cm³/mol. The maximum absolute atomic E-state index is 15.1. The standard InChI is InChI=1S/C59H96O27/c1-24-34(64)46(84-49-43(73)40(70)37(67)29(20-61)81-49)45(75)51(79-24)85-47-35(65)27(63)21-77-52(47)83-33-11-12-55(4)31(56(33,5)23-62)10-13-58(7)32(55)9-8-25-26-18-54(2,3)14-16-59(26,17-15-57(25,58)6)53(76)86-50-44(74)41(71)38(68)30(82-50)22-78-48-42(72)39(69)36(66)28(19-60)80-48/h8,24,26-52,60-75H,9-23H2,1-7H3/t24-,26+,27-,28+,29+,30+,31+,32+,33-,34-,35-,36+,37+,38+,39-,40-,41-,42+,43+,44+,45+,46+,47+,48+,49-,50-,51-,52-,55+,56-,57+,58+,59-/m0/s1. The lowest BCUT2D eigenvalue weighted by Crippen LogP contribution is -2.67. The van der Waals surface area contributed by atoms with Crippen LogP contribution in [0.15, 0.2) is 11.6 Å². The van der Waals surface area contributed by atoms with Crippen molar-refractivity contribution in [1.82, 2.24) is 0 Å². The smallest absolute Gasteiger partial charge is 0.315 e. The van der Waals surface area contributed by atoms with Crippen LogP contribution in [0.2, 0.25) is 0 Å². The number of hydrogen-bond donors (Lipinski definition) is 16. The summed E-state index contributed by atoms with van der Waals surface area (Å²) in [5.74, 6) is -0.929. The van der Waals surface area contributed by atoms with Crippen molar-refractivity contribution in [2.24, 2.45) is 50.2 Å². The van der Waals surface area contributed by atoms with Crippen LogP contribution in [-0.2, 0) is 52.2 Å². The number of aliphatic hydroxyl groups excluding tert-OH is 16. The fourth-order valence-electron chi connectivity index (χ4n) is 17.6. The van der Waals surface area contributed by atoms with Crippen molar-refractivity contribution in [1.29, 1.82) is 0 Å². The van der Waals surface area contributed by atoms with Crippen molar-refractivity contribution in [2.75, 3.05) is 33.0 Å². The molecule has 0 amide bonds. The van der Waals surface area contributed by atoms with Gasteiger partial charge in [0.2, 0.25) is 6.29 Å². The largest absolute Gasteiger partial charge is 0.432 e. The van der Waals surface area contributed by atoms with Crippen molar-refractivity contribution in [3.8, 4) is 0 Å². The first-order valence-corrected chi connectivity index (χ1v) is 30.8. The molecule has 0 unspecified atom stereocenters. The van der Waals surface area contributed by atoms with Gasteiger partial charge in [0.05, 0.1) is 50.7 Å². The summed E-state index contributed by atoms with van der Waals surface area (Å²) in [6.07, 6.45) is -31.4. The number of allylic oxidation sites excluding steroid dienone is 2. The Balaban J connectivity index is 0.849. The van der Waals surface area contributed by atoms with Crippen LogP contribution < -0.4 is 0 Å². The molecule has 0 aromatic carbocycles. The molecule has 9 fully saturated rings. The number of hydrogen-bond acceptors (Lipinski definition) is 27. The minimum Gasteiger partial charge on any atom is -0.432 e. The average Bonchev–Trinajstić information content (AvgIpc) is 0.689. The van der Waals surface area contributed by atoms with E-state index in [9.17, 15) is 81.7 Å². The van der Waals surface area contributed by atoms with Gasteiger partial charge in [0, 0.05) is 5.41 Å². The van der Waals surface area contributed by atoms with E-state index in [1.165, 1.54) is 12.5 Å². The van der Waals surface area contributed by atoms with Crippen molar-refractivity contribution >= 4 is 5.97 Å². The Morgan fingerprint density at radius 3 is 1.77 bits per heavy atom. The number of fused-ring (bicyclic) bond motifs is 7. The first-order valence-electron chi connectivity index (χ1n) is 30.8. The highest BCUT2D eigenvalue weighted by molar-refractivity contribution is 5.79. The van der Waals surface area contributed by atoms with Gasteiger partial charge in [0.15, 0.2) is 25.2 Å². The van der Waals surface area contributed by atoms with Crippen LogP contribution in [0.1, 0.15) is 113 Å². The molecule has 27 heteroatoms. The predicted octanol–water partition coefficient (Wildman–Crippen LogP) is -3.57. The second-order valence-corrected chi connectivity index (χ2v) is 28.5. The van der Waals surface area contributed by atoms with Crippen molar-refractivity contribution in [3.05, 3.63) is 11.6 Å². The molecule has 86 heavy (non-hydrogen) atoms. The van der Waals surface area contributed by atoms with Gasteiger partial charge in [-0.25, -0.2) is 0 Å². The van der Waals surface area contributed by atoms with Crippen molar-refractivity contribution in [2.45, 2.75) is 266 Å². The average molecular weight is 1240 g/mol. The first kappa shape index (κ1) is 67.1. The summed E-state index contributed by atoms with van der Waals surface area (Å²) >= 11 is 0. The molecule has 10 aliphatic rings. The van der Waals surface area contributed by atoms with Crippen LogP contribution in [0.25, 0.3) is 0 Å². The summed E-state index contributed by atoms with van der Waals surface area (Å²) < 4.78 is 59.5. The Labute approximate surface area is 499 Å². The number of carbonyl (C=O) groups is 1. The number of carbonyl (C=O) groups excluding carboxylic acids is 1. The van der Waals surface area contributed by atoms with Gasteiger partial charge in [0.1, 0.15) is 110 Å². The van der Waals surface area contributed by atoms with E-state index in [0.717, 1.165) is 6.42 Å². The number of rotatable bonds is 14. The Kier molecular flexibility index (Phi) is 19.4. The van der Waals surface area contributed by atoms with Gasteiger partial charge < -0.3 is 129 Å². The molecule has 4 saturated carbocycles. The summed E-state index contributed by atoms with van der Waals surface area (Å²) in [6, 6.07) is 0. The van der Waals surface area contributed by atoms with E-state index in [1.54, 1.807) is 0 Å². The summed E-state index contributed by atoms with van der Waals surface area (Å²) in [7, 11) is 0. The van der Waals surface area contributed by atoms with E-state index in [1.807, 2.05) is 6.92 Å². The van der Waals surface area contributed by atoms with Crippen LogP contribution in [0.3, 0.4) is 0 Å². The topological polar surface area (TPSA) is 433 Å². The lowest BCUT2D eigenvalue weighted by atomic mass is 9.33. The quantitative estimate of drug-likeness (QED) is 0.0454. The minimum atomic E-state index is -1.87. The van der Waals surface area contributed by atoms with Gasteiger partial charge in [0.25, 0.3) is 0 Å². The molecule has 0 radical (unpaired) electrons. The third-order valence-electron chi connectivity index (χ3n) is 23.2. The molecular weight excluding hydrogens is 1140 g/mol. The van der Waals surface area contributed by atoms with E-state index in [0.29, 0.717) is 57.8 Å². The van der Waals surface area contributed by atoms with E-state index < -0.39 is 196 Å². The zero-order valence-electron chi connectivity index (χ0n) is 50.0. The van der Waals surface area contributed by atoms with Crippen molar-refractivity contribution < 1.29 is 134 Å². The van der Waals surface area contributed by atoms with Gasteiger partial charge in [-0.2, -0.15) is 0 Å². The molecule has 16 N–H and O–H groups in total. The summed E-state index contributed by atoms with van der Waals surface area (Å²) in [5.41, 5.74) is -2.07. The highest BCUT2D eigenvalue weighted by atomic mass is 16.8. The van der Waals surface area contributed by atoms with E-state index in [2.05, 4.69) is 40.7 Å². The highest BCUT2D eigenvalue weighted by Crippen LogP contribution is 2.76. The van der Waals surface area contributed by atoms with Crippen LogP contribution in [-0.4, -0.2) is 274 Å². The van der Waals surface area contributed by atoms with Crippen LogP contribution >= 0.6 is 0 Å². The molecule has 33 atom stereocenters. The highest BCUT2D eigenvalue weighted by Gasteiger charge is 2.71. The number of esters is 1. The molecular formula is C59H96O27. The molecule has 10 rings (SSSR count). The number of aliphatic hydroxyl groups is 16. The Morgan fingerprint density at radius 1 is 0.558 bits per heavy atom. The molecule has 0 aromatic heterocycles. The SMILES string of the molecule is C[C@@H]1O[C@@H](O[C@H]2[C@H](O[C@H]3CC[C@]4(C)[C@@H](CC[C@]5(C)[C@@H]4CC=C4[C@H]6CC(C)(C)CC[C@]6(C(=O)O[C@@H]6O[C@H](CO[C@@H]7O[C@H](CO)[C@@H](O)[C@H](O)[C@H]7O)[C@@H](O)[C@H](O)[C@H]6O)CC[C@]45C)[C@]3(C)CO)OC[C@H](O)[C@@H]2O)[C@H](O)[C@H](O[C@@H]2O[C@H](CO)[C@@H](O)[C@H](O)[C@H]2O)[C@H]1O. The maximum Gasteiger partial charge on any atom is 0.315 e. The van der Waals surface area contributed by atoms with Crippen LogP contribution in [0, 0.1) is 50.2 Å². The lowest BCUT2D eigenvalue weighted by molar-refractivity contribution is -0.383. The summed E-state index contributed by atoms with van der Waals surface area (Å²) in [5, 5.41) is 172. The minimum absolute atomic E-state index is 0.0885. The Hall–Kier alpha value is -1.79. The molecule has 0 spiro atoms. The second-order valence-electron chi connectivity index (χ2n) is 28.5. The maximum atomic E-state index is 15.1. The van der Waals surface area contributed by atoms with Crippen LogP contribution in [0.5, 0.6) is 0 Å². The lowest BCUT2D eigenvalue weighted by Gasteiger charge is -2.71. The fourth-order valence-corrected chi connectivity index (χ4v) is 17.6. The monoisotopic (exact) mass is 1240 g/mol. The molecule has 5 aliphatic carbocycles. The molecule has 5 saturated heterocycles. The fraction of sp³-hybridized carbons (Fsp3) is 0.949. The number of ether oxygens (including phenoxy) is 10. The molecule has 27 nitrogen and oxygen atoms in total. The van der Waals surface area contributed by atoms with Gasteiger partial charge in [-0.15, -0.1) is 0 Å². The van der Waals surface area contributed by atoms with Gasteiger partial charge in [-0.1, -0.05) is 53.2 Å². The van der Waals surface area contributed by atoms with E-state index in [4.69, 9.17) is 47.4 Å².